The molecule has 0 N–H and O–H groups in total. The molecule has 5 aromatic rings. The van der Waals surface area contributed by atoms with Crippen LogP contribution >= 0.6 is 15.9 Å². The minimum Gasteiger partial charge on any atom is -0.490 e. The van der Waals surface area contributed by atoms with E-state index in [1.807, 2.05) is 79.7 Å². The lowest BCUT2D eigenvalue weighted by Gasteiger charge is -2.14. The van der Waals surface area contributed by atoms with E-state index in [4.69, 9.17) is 14.5 Å². The second-order valence-corrected chi connectivity index (χ2v) is 9.57. The highest BCUT2D eigenvalue weighted by Gasteiger charge is 2.14. The number of para-hydroxylation sites is 1. The molecule has 0 aliphatic rings. The molecule has 0 saturated heterocycles. The van der Waals surface area contributed by atoms with Crippen LogP contribution in [0.3, 0.4) is 0 Å². The van der Waals surface area contributed by atoms with Crippen LogP contribution in [0.2, 0.25) is 0 Å². The molecule has 0 bridgehead atoms. The van der Waals surface area contributed by atoms with Crippen LogP contribution in [-0.2, 0) is 6.61 Å². The third kappa shape index (κ3) is 5.53. The number of fused-ring (bicyclic) bond motifs is 1. The Kier molecular flexibility index (Phi) is 7.65. The van der Waals surface area contributed by atoms with Crippen LogP contribution in [0, 0.1) is 6.92 Å². The number of benzene rings is 4. The molecule has 5 rings (SSSR count). The maximum absolute atomic E-state index is 13.4. The Bertz CT molecular complexity index is 1680. The summed E-state index contributed by atoms with van der Waals surface area (Å²) in [5, 5.41) is 5.09. The number of rotatable bonds is 8. The summed E-state index contributed by atoms with van der Waals surface area (Å²) in [7, 11) is 0. The van der Waals surface area contributed by atoms with Crippen molar-refractivity contribution in [1.82, 2.24) is 9.66 Å². The average molecular weight is 568 g/mol. The molecule has 1 aromatic heterocycles. The summed E-state index contributed by atoms with van der Waals surface area (Å²) in [6.07, 6.45) is 1.63. The number of halogens is 1. The Hall–Kier alpha value is -4.23. The standard InChI is InChI=1S/C31H26BrN3O3/c1-3-37-28-17-24(26(32)18-29(28)38-20-22-11-9-10-21(2)16-22)19-33-35-30(23-12-5-4-6-13-23)34-27-15-8-7-14-25(27)31(35)36/h4-19H,3,20H2,1-2H3. The Labute approximate surface area is 229 Å². The van der Waals surface area contributed by atoms with E-state index in [0.29, 0.717) is 41.4 Å². The first-order valence-electron chi connectivity index (χ1n) is 12.3. The van der Waals surface area contributed by atoms with Gasteiger partial charge in [0.05, 0.1) is 23.7 Å². The number of ether oxygens (including phenoxy) is 2. The predicted octanol–water partition coefficient (Wildman–Crippen LogP) is 6.99. The van der Waals surface area contributed by atoms with Gasteiger partial charge < -0.3 is 9.47 Å². The minimum atomic E-state index is -0.245. The maximum atomic E-state index is 13.4. The maximum Gasteiger partial charge on any atom is 0.282 e. The van der Waals surface area contributed by atoms with Crippen molar-refractivity contribution in [2.45, 2.75) is 20.5 Å². The van der Waals surface area contributed by atoms with Gasteiger partial charge in [0, 0.05) is 15.6 Å². The van der Waals surface area contributed by atoms with E-state index in [2.05, 4.69) is 40.1 Å². The van der Waals surface area contributed by atoms with Crippen LogP contribution in [0.1, 0.15) is 23.6 Å². The first kappa shape index (κ1) is 25.4. The number of hydrogen-bond donors (Lipinski definition) is 0. The molecule has 4 aromatic carbocycles. The van der Waals surface area contributed by atoms with E-state index >= 15 is 0 Å². The van der Waals surface area contributed by atoms with Gasteiger partial charge in [-0.05, 0) is 59.6 Å². The molecule has 1 heterocycles. The first-order valence-corrected chi connectivity index (χ1v) is 13.1. The molecule has 38 heavy (non-hydrogen) atoms. The molecule has 0 aliphatic heterocycles. The molecule has 0 unspecified atom stereocenters. The van der Waals surface area contributed by atoms with Crippen molar-refractivity contribution < 1.29 is 9.47 Å². The molecule has 0 atom stereocenters. The van der Waals surface area contributed by atoms with Crippen molar-refractivity contribution in [3.63, 3.8) is 0 Å². The zero-order valence-electron chi connectivity index (χ0n) is 21.1. The lowest BCUT2D eigenvalue weighted by Crippen LogP contribution is -2.20. The first-order chi connectivity index (χ1) is 18.5. The molecule has 0 fully saturated rings. The molecule has 0 aliphatic carbocycles. The van der Waals surface area contributed by atoms with Crippen LogP contribution in [0.25, 0.3) is 22.3 Å². The van der Waals surface area contributed by atoms with Crippen molar-refractivity contribution in [2.24, 2.45) is 5.10 Å². The summed E-state index contributed by atoms with van der Waals surface area (Å²) in [6, 6.07) is 28.7. The lowest BCUT2D eigenvalue weighted by atomic mass is 10.1. The minimum absolute atomic E-state index is 0.245. The Morgan fingerprint density at radius 1 is 0.921 bits per heavy atom. The van der Waals surface area contributed by atoms with Crippen LogP contribution in [0.5, 0.6) is 11.5 Å². The van der Waals surface area contributed by atoms with Gasteiger partial charge in [-0.3, -0.25) is 4.79 Å². The normalized spacial score (nSPS) is 11.2. The summed E-state index contributed by atoms with van der Waals surface area (Å²) < 4.78 is 14.1. The topological polar surface area (TPSA) is 65.7 Å². The quantitative estimate of drug-likeness (QED) is 0.189. The molecule has 6 nitrogen and oxygen atoms in total. The number of aromatic nitrogens is 2. The van der Waals surface area contributed by atoms with Crippen molar-refractivity contribution >= 4 is 33.0 Å². The fourth-order valence-corrected chi connectivity index (χ4v) is 4.54. The summed E-state index contributed by atoms with van der Waals surface area (Å²) in [6.45, 7) is 4.87. The number of aryl methyl sites for hydroxylation is 1. The fraction of sp³-hybridized carbons (Fsp3) is 0.129. The second-order valence-electron chi connectivity index (χ2n) is 8.71. The highest BCUT2D eigenvalue weighted by Crippen LogP contribution is 2.34. The second kappa shape index (κ2) is 11.4. The summed E-state index contributed by atoms with van der Waals surface area (Å²) in [5.74, 6) is 1.67. The van der Waals surface area contributed by atoms with E-state index in [9.17, 15) is 4.79 Å². The molecular formula is C31H26BrN3O3. The molecular weight excluding hydrogens is 542 g/mol. The van der Waals surface area contributed by atoms with E-state index in [1.54, 1.807) is 12.3 Å². The van der Waals surface area contributed by atoms with Crippen molar-refractivity contribution in [3.05, 3.63) is 123 Å². The predicted molar refractivity (Wildman–Crippen MR) is 155 cm³/mol. The molecule has 0 radical (unpaired) electrons. The summed E-state index contributed by atoms with van der Waals surface area (Å²) in [4.78, 5) is 18.2. The SMILES string of the molecule is CCOc1cc(C=Nn2c(-c3ccccc3)nc3ccccc3c2=O)c(Br)cc1OCc1cccc(C)c1. The van der Waals surface area contributed by atoms with Crippen LogP contribution in [0.15, 0.2) is 105 Å². The van der Waals surface area contributed by atoms with Gasteiger partial charge in [0.15, 0.2) is 17.3 Å². The molecule has 0 saturated carbocycles. The van der Waals surface area contributed by atoms with Crippen molar-refractivity contribution in [2.75, 3.05) is 6.61 Å². The van der Waals surface area contributed by atoms with Crippen LogP contribution in [-0.4, -0.2) is 22.5 Å². The highest BCUT2D eigenvalue weighted by atomic mass is 79.9. The molecule has 0 amide bonds. The summed E-state index contributed by atoms with van der Waals surface area (Å²) in [5.41, 5.74) is 4.16. The van der Waals surface area contributed by atoms with Gasteiger partial charge in [-0.2, -0.15) is 9.78 Å². The largest absolute Gasteiger partial charge is 0.490 e. The van der Waals surface area contributed by atoms with Crippen molar-refractivity contribution in [1.29, 1.82) is 0 Å². The highest BCUT2D eigenvalue weighted by molar-refractivity contribution is 9.10. The Morgan fingerprint density at radius 3 is 2.47 bits per heavy atom. The van der Waals surface area contributed by atoms with Gasteiger partial charge in [0.1, 0.15) is 6.61 Å². The monoisotopic (exact) mass is 567 g/mol. The Balaban J connectivity index is 1.53. The number of nitrogens with zero attached hydrogens (tertiary/aromatic N) is 3. The van der Waals surface area contributed by atoms with Gasteiger partial charge in [-0.15, -0.1) is 0 Å². The van der Waals surface area contributed by atoms with E-state index in [-0.39, 0.29) is 5.56 Å². The molecule has 7 heteroatoms. The van der Waals surface area contributed by atoms with Crippen LogP contribution < -0.4 is 15.0 Å². The third-order valence-electron chi connectivity index (χ3n) is 5.94. The fourth-order valence-electron chi connectivity index (χ4n) is 4.12. The zero-order valence-corrected chi connectivity index (χ0v) is 22.7. The summed E-state index contributed by atoms with van der Waals surface area (Å²) >= 11 is 3.64. The van der Waals surface area contributed by atoms with Crippen molar-refractivity contribution in [3.8, 4) is 22.9 Å². The zero-order chi connectivity index (χ0) is 26.5. The molecule has 0 spiro atoms. The van der Waals surface area contributed by atoms with E-state index in [1.165, 1.54) is 10.2 Å². The average Bonchev–Trinajstić information content (AvgIpc) is 2.93. The van der Waals surface area contributed by atoms with Gasteiger partial charge in [0.2, 0.25) is 0 Å². The Morgan fingerprint density at radius 2 is 1.68 bits per heavy atom. The van der Waals surface area contributed by atoms with Crippen LogP contribution in [0.4, 0.5) is 0 Å². The molecule has 190 valence electrons. The van der Waals surface area contributed by atoms with E-state index < -0.39 is 0 Å². The smallest absolute Gasteiger partial charge is 0.282 e. The van der Waals surface area contributed by atoms with Gasteiger partial charge in [0.25, 0.3) is 5.56 Å². The van der Waals surface area contributed by atoms with Gasteiger partial charge in [-0.25, -0.2) is 4.98 Å². The lowest BCUT2D eigenvalue weighted by molar-refractivity contribution is 0.269. The van der Waals surface area contributed by atoms with Gasteiger partial charge in [-0.1, -0.05) is 72.3 Å². The third-order valence-corrected chi connectivity index (χ3v) is 6.62. The van der Waals surface area contributed by atoms with Gasteiger partial charge >= 0.3 is 0 Å². The van der Waals surface area contributed by atoms with E-state index in [0.717, 1.165) is 21.2 Å². The number of hydrogen-bond acceptors (Lipinski definition) is 5.